The highest BCUT2D eigenvalue weighted by Gasteiger charge is 2.32. The smallest absolute Gasteiger partial charge is 0.416 e. The predicted octanol–water partition coefficient (Wildman–Crippen LogP) is 2.79. The van der Waals surface area contributed by atoms with Crippen LogP contribution in [0.2, 0.25) is 5.02 Å². The second-order valence-electron chi connectivity index (χ2n) is 5.34. The molecule has 0 saturated carbocycles. The van der Waals surface area contributed by atoms with E-state index in [1.54, 1.807) is 0 Å². The fourth-order valence-electron chi connectivity index (χ4n) is 2.48. The number of nitrogens with one attached hydrogen (secondary N) is 1. The van der Waals surface area contributed by atoms with Gasteiger partial charge in [0.25, 0.3) is 0 Å². The second-order valence-corrected chi connectivity index (χ2v) is 6.14. The molecule has 1 heterocycles. The van der Waals surface area contributed by atoms with E-state index in [1.165, 1.54) is 33.2 Å². The van der Waals surface area contributed by atoms with E-state index in [0.717, 1.165) is 12.2 Å². The minimum atomic E-state index is -4.40. The Bertz CT molecular complexity index is 1080. The molecular formula is C16H11ClF3N3OS. The molecule has 1 aromatic carbocycles. The SMILES string of the molecule is C=[n+]1[nH]c(=C2C=CC(C(F)(F)F)=CC2)n(-c2cc(Cl)ccc2[O-])c1=S. The summed E-state index contributed by atoms with van der Waals surface area (Å²) in [6, 6.07) is 4.20. The molecule has 2 aromatic rings. The highest BCUT2D eigenvalue weighted by molar-refractivity contribution is 7.71. The van der Waals surface area contributed by atoms with Crippen molar-refractivity contribution >= 4 is 29.4 Å². The van der Waals surface area contributed by atoms with E-state index >= 15 is 0 Å². The molecular weight excluding hydrogens is 375 g/mol. The summed E-state index contributed by atoms with van der Waals surface area (Å²) < 4.78 is 41.1. The van der Waals surface area contributed by atoms with Crippen LogP contribution in [0.3, 0.4) is 0 Å². The quantitative estimate of drug-likeness (QED) is 0.606. The third-order valence-corrected chi connectivity index (χ3v) is 4.32. The lowest BCUT2D eigenvalue weighted by Crippen LogP contribution is -2.24. The molecule has 1 aliphatic carbocycles. The first-order chi connectivity index (χ1) is 11.7. The summed E-state index contributed by atoms with van der Waals surface area (Å²) in [5.74, 6) is -0.326. The number of halogens is 4. The lowest BCUT2D eigenvalue weighted by atomic mass is 10.0. The van der Waals surface area contributed by atoms with Gasteiger partial charge in [-0.2, -0.15) is 22.8 Å². The largest absolute Gasteiger partial charge is 0.870 e. The average molecular weight is 386 g/mol. The predicted molar refractivity (Wildman–Crippen MR) is 87.3 cm³/mol. The van der Waals surface area contributed by atoms with Crippen LogP contribution in [0, 0.1) is 11.5 Å². The van der Waals surface area contributed by atoms with Gasteiger partial charge in [-0.05, 0) is 18.6 Å². The summed E-state index contributed by atoms with van der Waals surface area (Å²) in [4.78, 5) is 0. The third kappa shape index (κ3) is 3.27. The van der Waals surface area contributed by atoms with Crippen molar-refractivity contribution < 1.29 is 22.6 Å². The Morgan fingerprint density at radius 3 is 2.64 bits per heavy atom. The van der Waals surface area contributed by atoms with E-state index in [0.29, 0.717) is 16.1 Å². The Labute approximate surface area is 150 Å². The number of aromatic amines is 1. The molecule has 1 aromatic heterocycles. The van der Waals surface area contributed by atoms with Crippen LogP contribution in [0.1, 0.15) is 6.42 Å². The van der Waals surface area contributed by atoms with Gasteiger partial charge in [0.15, 0.2) is 0 Å². The molecule has 25 heavy (non-hydrogen) atoms. The zero-order valence-corrected chi connectivity index (χ0v) is 14.2. The van der Waals surface area contributed by atoms with Crippen molar-refractivity contribution in [3.63, 3.8) is 0 Å². The van der Waals surface area contributed by atoms with Gasteiger partial charge in [-0.25, -0.2) is 0 Å². The van der Waals surface area contributed by atoms with E-state index in [9.17, 15) is 18.3 Å². The van der Waals surface area contributed by atoms with E-state index in [1.807, 2.05) is 0 Å². The van der Waals surface area contributed by atoms with Gasteiger partial charge in [-0.15, -0.1) is 4.36 Å². The van der Waals surface area contributed by atoms with Crippen LogP contribution < -0.4 is 14.9 Å². The van der Waals surface area contributed by atoms with Crippen LogP contribution in [0.4, 0.5) is 13.2 Å². The van der Waals surface area contributed by atoms with E-state index in [4.69, 9.17) is 23.8 Å². The van der Waals surface area contributed by atoms with Gasteiger partial charge in [0, 0.05) is 28.9 Å². The molecule has 0 fully saturated rings. The van der Waals surface area contributed by atoms with Crippen LogP contribution in [-0.4, -0.2) is 15.8 Å². The van der Waals surface area contributed by atoms with Crippen molar-refractivity contribution in [3.8, 4) is 11.4 Å². The van der Waals surface area contributed by atoms with Gasteiger partial charge in [0.1, 0.15) is 5.69 Å². The van der Waals surface area contributed by atoms with Crippen LogP contribution in [0.5, 0.6) is 5.75 Å². The fourth-order valence-corrected chi connectivity index (χ4v) is 2.88. The molecule has 0 radical (unpaired) electrons. The van der Waals surface area contributed by atoms with Crippen molar-refractivity contribution in [3.05, 3.63) is 64.0 Å². The summed E-state index contributed by atoms with van der Waals surface area (Å²) in [7, 11) is 0. The maximum Gasteiger partial charge on any atom is 0.416 e. The van der Waals surface area contributed by atoms with E-state index < -0.39 is 11.7 Å². The minimum absolute atomic E-state index is 0.0232. The maximum absolute atomic E-state index is 12.8. The minimum Gasteiger partial charge on any atom is -0.870 e. The Kier molecular flexibility index (Phi) is 4.34. The van der Waals surface area contributed by atoms with Gasteiger partial charge >= 0.3 is 10.9 Å². The molecule has 9 heteroatoms. The number of allylic oxidation sites excluding steroid dienone is 4. The van der Waals surface area contributed by atoms with Crippen LogP contribution >= 0.6 is 23.8 Å². The summed E-state index contributed by atoms with van der Waals surface area (Å²) in [5, 5.41) is 15.4. The number of nitrogens with zero attached hydrogens (tertiary/aromatic N) is 2. The zero-order valence-electron chi connectivity index (χ0n) is 12.6. The highest BCUT2D eigenvalue weighted by atomic mass is 35.5. The molecule has 0 amide bonds. The van der Waals surface area contributed by atoms with Crippen molar-refractivity contribution in [2.45, 2.75) is 12.6 Å². The Hall–Kier alpha value is -2.32. The normalized spacial score (nSPS) is 16.9. The molecule has 3 rings (SSSR count). The monoisotopic (exact) mass is 385 g/mol. The number of hydrogen-bond acceptors (Lipinski definition) is 2. The number of hydrogen-bond donors (Lipinski definition) is 1. The Balaban J connectivity index is 2.25. The summed E-state index contributed by atoms with van der Waals surface area (Å²) in [6.07, 6.45) is -0.980. The van der Waals surface area contributed by atoms with E-state index in [-0.39, 0.29) is 22.6 Å². The first-order valence-electron chi connectivity index (χ1n) is 7.05. The average Bonchev–Trinajstić information content (AvgIpc) is 2.84. The summed E-state index contributed by atoms with van der Waals surface area (Å²) in [5.41, 5.74) is 0.370. The molecule has 1 aliphatic rings. The molecule has 0 spiro atoms. The topological polar surface area (TPSA) is 49.7 Å². The van der Waals surface area contributed by atoms with Crippen molar-refractivity contribution in [1.82, 2.24) is 9.67 Å². The Morgan fingerprint density at radius 2 is 2.04 bits per heavy atom. The van der Waals surface area contributed by atoms with Crippen LogP contribution in [0.25, 0.3) is 11.3 Å². The fraction of sp³-hybridized carbons (Fsp3) is 0.125. The zero-order chi connectivity index (χ0) is 18.4. The molecule has 0 bridgehead atoms. The molecule has 1 N–H and O–H groups in total. The van der Waals surface area contributed by atoms with Gasteiger partial charge in [0.2, 0.25) is 5.48 Å². The first-order valence-corrected chi connectivity index (χ1v) is 7.83. The molecule has 0 unspecified atom stereocenters. The second kappa shape index (κ2) is 6.20. The third-order valence-electron chi connectivity index (χ3n) is 3.69. The number of H-pyrrole nitrogens is 1. The Morgan fingerprint density at radius 1 is 1.32 bits per heavy atom. The molecule has 130 valence electrons. The number of alkyl halides is 3. The molecule has 4 nitrogen and oxygen atoms in total. The van der Waals surface area contributed by atoms with Crippen LogP contribution in [-0.2, 0) is 0 Å². The number of benzene rings is 1. The van der Waals surface area contributed by atoms with Crippen molar-refractivity contribution in [2.24, 2.45) is 0 Å². The lowest BCUT2D eigenvalue weighted by Gasteiger charge is -2.12. The molecule has 0 aliphatic heterocycles. The van der Waals surface area contributed by atoms with Gasteiger partial charge in [-0.3, -0.25) is 0 Å². The van der Waals surface area contributed by atoms with Gasteiger partial charge in [0.05, 0.1) is 12.3 Å². The number of aromatic nitrogens is 3. The van der Waals surface area contributed by atoms with Crippen molar-refractivity contribution in [1.29, 1.82) is 0 Å². The molecule has 0 atom stereocenters. The summed E-state index contributed by atoms with van der Waals surface area (Å²) in [6.45, 7) is 3.70. The standard InChI is InChI=1S/C16H11ClF3N3OS/c1-22-15(25)23(12-8-11(17)6-7-13(12)24)14(21-22)9-2-4-10(5-3-9)16(18,19)20/h2,4-8,21H,1,3H2. The first kappa shape index (κ1) is 17.5. The van der Waals surface area contributed by atoms with E-state index in [2.05, 4.69) is 11.8 Å². The summed E-state index contributed by atoms with van der Waals surface area (Å²) >= 11 is 11.2. The van der Waals surface area contributed by atoms with Gasteiger partial charge in [-0.1, -0.05) is 35.6 Å². The highest BCUT2D eigenvalue weighted by Crippen LogP contribution is 2.30. The lowest BCUT2D eigenvalue weighted by molar-refractivity contribution is -0.572. The number of rotatable bonds is 1. The molecule has 0 saturated heterocycles. The van der Waals surface area contributed by atoms with Gasteiger partial charge < -0.3 is 5.11 Å². The maximum atomic E-state index is 12.8. The van der Waals surface area contributed by atoms with Crippen molar-refractivity contribution in [2.75, 3.05) is 0 Å². The van der Waals surface area contributed by atoms with Crippen LogP contribution in [0.15, 0.2) is 42.0 Å².